The van der Waals surface area contributed by atoms with Crippen LogP contribution in [0, 0.1) is 0 Å². The van der Waals surface area contributed by atoms with E-state index in [1.165, 1.54) is 6.26 Å². The van der Waals surface area contributed by atoms with Gasteiger partial charge in [-0.05, 0) is 55.8 Å². The van der Waals surface area contributed by atoms with Crippen LogP contribution in [0.15, 0.2) is 39.4 Å². The summed E-state index contributed by atoms with van der Waals surface area (Å²) in [7, 11) is 0. The Kier molecular flexibility index (Phi) is 6.36. The van der Waals surface area contributed by atoms with E-state index in [1.807, 2.05) is 45.9 Å². The van der Waals surface area contributed by atoms with Crippen LogP contribution in [-0.2, 0) is 6.54 Å². The molecule has 0 spiro atoms. The fraction of sp³-hybridized carbons (Fsp3) is 0.389. The lowest BCUT2D eigenvalue weighted by molar-refractivity contribution is 0.0671. The van der Waals surface area contributed by atoms with E-state index in [2.05, 4.69) is 26.2 Å². The average molecular weight is 408 g/mol. The molecule has 1 heterocycles. The largest absolute Gasteiger partial charge is 0.446 e. The number of halogens is 1. The van der Waals surface area contributed by atoms with E-state index < -0.39 is 0 Å². The molecule has 6 nitrogen and oxygen atoms in total. The zero-order chi connectivity index (χ0) is 18.6. The second-order valence-corrected chi connectivity index (χ2v) is 7.12. The fourth-order valence-corrected chi connectivity index (χ4v) is 2.70. The number of benzene rings is 1. The topological polar surface area (TPSA) is 75.4 Å². The van der Waals surface area contributed by atoms with Crippen molar-refractivity contribution >= 4 is 27.7 Å². The minimum Gasteiger partial charge on any atom is -0.446 e. The number of nitrogens with one attached hydrogen (secondary N) is 1. The molecule has 0 saturated carbocycles. The molecule has 7 heteroatoms. The van der Waals surface area contributed by atoms with Gasteiger partial charge in [-0.2, -0.15) is 0 Å². The van der Waals surface area contributed by atoms with Crippen molar-refractivity contribution in [2.75, 3.05) is 0 Å². The Morgan fingerprint density at radius 2 is 1.92 bits per heavy atom. The first-order valence-corrected chi connectivity index (χ1v) is 8.89. The Bertz CT molecular complexity index is 756. The first kappa shape index (κ1) is 19.2. The van der Waals surface area contributed by atoms with E-state index in [1.54, 1.807) is 11.0 Å². The number of carbonyl (C=O) groups excluding carboxylic acids is 2. The van der Waals surface area contributed by atoms with Gasteiger partial charge in [0.1, 0.15) is 6.26 Å². The maximum atomic E-state index is 12.8. The summed E-state index contributed by atoms with van der Waals surface area (Å²) < 4.78 is 6.12. The molecule has 1 aromatic heterocycles. The molecule has 1 N–H and O–H groups in total. The van der Waals surface area contributed by atoms with Crippen LogP contribution in [0.5, 0.6) is 0 Å². The lowest BCUT2D eigenvalue weighted by Gasteiger charge is -2.25. The Labute approximate surface area is 155 Å². The molecule has 2 rings (SSSR count). The zero-order valence-corrected chi connectivity index (χ0v) is 16.3. The van der Waals surface area contributed by atoms with Gasteiger partial charge in [0.2, 0.25) is 5.89 Å². The molecular weight excluding hydrogens is 386 g/mol. The summed E-state index contributed by atoms with van der Waals surface area (Å²) in [6, 6.07) is 7.21. The Balaban J connectivity index is 2.18. The molecular formula is C18H22BrN3O3. The van der Waals surface area contributed by atoms with Crippen molar-refractivity contribution in [3.8, 4) is 0 Å². The first-order chi connectivity index (χ1) is 11.8. The van der Waals surface area contributed by atoms with Crippen molar-refractivity contribution in [3.05, 3.63) is 52.1 Å². The molecule has 25 heavy (non-hydrogen) atoms. The molecule has 0 fully saturated rings. The van der Waals surface area contributed by atoms with Gasteiger partial charge in [-0.15, -0.1) is 0 Å². The van der Waals surface area contributed by atoms with E-state index >= 15 is 0 Å². The second-order valence-electron chi connectivity index (χ2n) is 6.26. The predicted octanol–water partition coefficient (Wildman–Crippen LogP) is 3.63. The third kappa shape index (κ3) is 4.92. The van der Waals surface area contributed by atoms with Gasteiger partial charge in [0.25, 0.3) is 11.8 Å². The van der Waals surface area contributed by atoms with Gasteiger partial charge in [-0.1, -0.05) is 12.1 Å². The number of hydrogen-bond donors (Lipinski definition) is 1. The monoisotopic (exact) mass is 407 g/mol. The molecule has 0 bridgehead atoms. The van der Waals surface area contributed by atoms with E-state index in [9.17, 15) is 9.59 Å². The average Bonchev–Trinajstić information content (AvgIpc) is 3.00. The molecule has 1 aromatic carbocycles. The van der Waals surface area contributed by atoms with Gasteiger partial charge in [0.15, 0.2) is 5.69 Å². The van der Waals surface area contributed by atoms with Gasteiger partial charge >= 0.3 is 0 Å². The van der Waals surface area contributed by atoms with Crippen molar-refractivity contribution in [3.63, 3.8) is 0 Å². The number of oxazole rings is 1. The highest BCUT2D eigenvalue weighted by Crippen LogP contribution is 2.20. The molecule has 2 amide bonds. The maximum Gasteiger partial charge on any atom is 0.273 e. The minimum absolute atomic E-state index is 0.0109. The highest BCUT2D eigenvalue weighted by molar-refractivity contribution is 9.10. The summed E-state index contributed by atoms with van der Waals surface area (Å²) in [4.78, 5) is 30.7. The maximum absolute atomic E-state index is 12.8. The van der Waals surface area contributed by atoms with Gasteiger partial charge < -0.3 is 14.6 Å². The summed E-state index contributed by atoms with van der Waals surface area (Å²) in [5, 5.41) is 2.76. The van der Waals surface area contributed by atoms with Crippen molar-refractivity contribution in [1.82, 2.24) is 15.2 Å². The predicted molar refractivity (Wildman–Crippen MR) is 98.3 cm³/mol. The quantitative estimate of drug-likeness (QED) is 0.792. The molecule has 0 aliphatic heterocycles. The van der Waals surface area contributed by atoms with Gasteiger partial charge in [0.05, 0.1) is 12.1 Å². The number of amides is 2. The highest BCUT2D eigenvalue weighted by atomic mass is 79.9. The Morgan fingerprint density at radius 3 is 2.52 bits per heavy atom. The number of rotatable bonds is 6. The van der Waals surface area contributed by atoms with Crippen LogP contribution in [-0.4, -0.2) is 33.8 Å². The number of aromatic nitrogens is 1. The molecule has 0 saturated heterocycles. The Hall–Kier alpha value is -2.15. The summed E-state index contributed by atoms with van der Waals surface area (Å²) in [5.74, 6) is -0.102. The second kappa shape index (κ2) is 8.29. The number of nitrogens with zero attached hydrogens (tertiary/aromatic N) is 2. The molecule has 0 aliphatic carbocycles. The van der Waals surface area contributed by atoms with Crippen molar-refractivity contribution in [2.24, 2.45) is 0 Å². The van der Waals surface area contributed by atoms with Crippen LogP contribution in [0.2, 0.25) is 0 Å². The standard InChI is InChI=1S/C18H22BrN3O3/c1-11(2)20-17(23)15-10-25-16(21-15)9-22(12(3)4)18(24)13-7-5-6-8-14(13)19/h5-8,10-12H,9H2,1-4H3,(H,20,23). The smallest absolute Gasteiger partial charge is 0.273 e. The molecule has 2 aromatic rings. The van der Waals surface area contributed by atoms with Gasteiger partial charge in [-0.25, -0.2) is 4.98 Å². The van der Waals surface area contributed by atoms with E-state index in [4.69, 9.17) is 4.42 Å². The van der Waals surface area contributed by atoms with Crippen molar-refractivity contribution in [1.29, 1.82) is 0 Å². The van der Waals surface area contributed by atoms with Crippen LogP contribution in [0.25, 0.3) is 0 Å². The fourth-order valence-electron chi connectivity index (χ4n) is 2.25. The van der Waals surface area contributed by atoms with E-state index in [0.29, 0.717) is 11.5 Å². The van der Waals surface area contributed by atoms with E-state index in [-0.39, 0.29) is 36.1 Å². The summed E-state index contributed by atoms with van der Waals surface area (Å²) in [6.45, 7) is 7.77. The van der Waals surface area contributed by atoms with Crippen LogP contribution in [0.4, 0.5) is 0 Å². The minimum atomic E-state index is -0.293. The molecule has 0 unspecified atom stereocenters. The van der Waals surface area contributed by atoms with Crippen LogP contribution in [0.1, 0.15) is 54.4 Å². The van der Waals surface area contributed by atoms with Crippen LogP contribution < -0.4 is 5.32 Å². The van der Waals surface area contributed by atoms with Crippen LogP contribution in [0.3, 0.4) is 0 Å². The number of carbonyl (C=O) groups is 2. The summed E-state index contributed by atoms with van der Waals surface area (Å²) in [6.07, 6.45) is 1.31. The lowest BCUT2D eigenvalue weighted by Crippen LogP contribution is -2.36. The van der Waals surface area contributed by atoms with E-state index in [0.717, 1.165) is 4.47 Å². The molecule has 0 aliphatic rings. The SMILES string of the molecule is CC(C)NC(=O)c1coc(CN(C(=O)c2ccccc2Br)C(C)C)n1. The normalized spacial score (nSPS) is 11.0. The summed E-state index contributed by atoms with van der Waals surface area (Å²) in [5.41, 5.74) is 0.779. The molecule has 0 radical (unpaired) electrons. The van der Waals surface area contributed by atoms with Gasteiger partial charge in [-0.3, -0.25) is 9.59 Å². The third-order valence-corrected chi connectivity index (χ3v) is 4.19. The third-order valence-electron chi connectivity index (χ3n) is 3.50. The van der Waals surface area contributed by atoms with Crippen molar-refractivity contribution in [2.45, 2.75) is 46.3 Å². The first-order valence-electron chi connectivity index (χ1n) is 8.10. The summed E-state index contributed by atoms with van der Waals surface area (Å²) >= 11 is 3.41. The lowest BCUT2D eigenvalue weighted by atomic mass is 10.1. The molecule has 0 atom stereocenters. The van der Waals surface area contributed by atoms with Crippen molar-refractivity contribution < 1.29 is 14.0 Å². The van der Waals surface area contributed by atoms with Gasteiger partial charge in [0, 0.05) is 16.6 Å². The molecule has 134 valence electrons. The Morgan fingerprint density at radius 1 is 1.24 bits per heavy atom. The zero-order valence-electron chi connectivity index (χ0n) is 14.7. The van der Waals surface area contributed by atoms with Crippen LogP contribution >= 0.6 is 15.9 Å². The number of hydrogen-bond acceptors (Lipinski definition) is 4. The highest BCUT2D eigenvalue weighted by Gasteiger charge is 2.23.